The molecular formula is C29H30F4N4O. The van der Waals surface area contributed by atoms with Gasteiger partial charge in [0.15, 0.2) is 0 Å². The van der Waals surface area contributed by atoms with Gasteiger partial charge in [0, 0.05) is 38.9 Å². The zero-order chi connectivity index (χ0) is 26.9. The fraction of sp³-hybridized carbons (Fsp3) is 0.379. The number of hydrogen-bond acceptors (Lipinski definition) is 4. The predicted molar refractivity (Wildman–Crippen MR) is 139 cm³/mol. The van der Waals surface area contributed by atoms with Crippen molar-refractivity contribution in [2.75, 3.05) is 36.4 Å². The molecule has 5 rings (SSSR count). The van der Waals surface area contributed by atoms with E-state index in [1.165, 1.54) is 5.56 Å². The lowest BCUT2D eigenvalue weighted by molar-refractivity contribution is -0.138. The molecule has 0 bridgehead atoms. The molecule has 0 saturated carbocycles. The van der Waals surface area contributed by atoms with E-state index in [9.17, 15) is 22.4 Å². The molecule has 2 aromatic carbocycles. The number of fused-ring (bicyclic) bond motifs is 1. The number of hydrogen-bond donors (Lipinski definition) is 1. The molecule has 0 aliphatic carbocycles. The van der Waals surface area contributed by atoms with Crippen LogP contribution in [0.4, 0.5) is 29.1 Å². The molecular weight excluding hydrogens is 496 g/mol. The summed E-state index contributed by atoms with van der Waals surface area (Å²) in [5, 5.41) is 3.23. The van der Waals surface area contributed by atoms with Gasteiger partial charge < -0.3 is 15.1 Å². The second kappa shape index (κ2) is 10.6. The fourth-order valence-electron chi connectivity index (χ4n) is 5.56. The van der Waals surface area contributed by atoms with Gasteiger partial charge in [-0.2, -0.15) is 13.2 Å². The number of amides is 1. The Balaban J connectivity index is 1.41. The number of carbonyl (C=O) groups excluding carboxylic acids is 1. The first-order valence-corrected chi connectivity index (χ1v) is 12.9. The molecule has 0 atom stereocenters. The number of rotatable bonds is 4. The third kappa shape index (κ3) is 5.33. The van der Waals surface area contributed by atoms with Crippen molar-refractivity contribution < 1.29 is 22.4 Å². The van der Waals surface area contributed by atoms with E-state index >= 15 is 0 Å². The van der Waals surface area contributed by atoms with Crippen LogP contribution in [0.2, 0.25) is 0 Å². The summed E-state index contributed by atoms with van der Waals surface area (Å²) in [6, 6.07) is 12.8. The lowest BCUT2D eigenvalue weighted by Gasteiger charge is -2.33. The monoisotopic (exact) mass is 526 g/mol. The first-order valence-electron chi connectivity index (χ1n) is 12.9. The minimum absolute atomic E-state index is 0.129. The van der Waals surface area contributed by atoms with Gasteiger partial charge in [-0.25, -0.2) is 9.37 Å². The molecule has 9 heteroatoms. The van der Waals surface area contributed by atoms with Gasteiger partial charge in [0.1, 0.15) is 11.6 Å². The van der Waals surface area contributed by atoms with Crippen molar-refractivity contribution in [3.63, 3.8) is 0 Å². The number of alkyl halides is 3. The van der Waals surface area contributed by atoms with E-state index in [4.69, 9.17) is 0 Å². The maximum absolute atomic E-state index is 14.0. The number of nitrogens with one attached hydrogen (secondary N) is 1. The molecule has 1 N–H and O–H groups in total. The maximum atomic E-state index is 14.0. The number of pyridine rings is 1. The Bertz CT molecular complexity index is 1300. The molecule has 1 fully saturated rings. The highest BCUT2D eigenvalue weighted by atomic mass is 19.4. The highest BCUT2D eigenvalue weighted by molar-refractivity contribution is 5.98. The van der Waals surface area contributed by atoms with Crippen molar-refractivity contribution >= 4 is 17.4 Å². The summed E-state index contributed by atoms with van der Waals surface area (Å²) in [6.07, 6.45) is -0.670. The van der Waals surface area contributed by atoms with E-state index in [2.05, 4.69) is 22.4 Å². The number of likely N-dealkylation sites (tertiary alicyclic amines) is 1. The summed E-state index contributed by atoms with van der Waals surface area (Å²) in [4.78, 5) is 21.7. The number of halogens is 4. The summed E-state index contributed by atoms with van der Waals surface area (Å²) in [7, 11) is 0. The number of anilines is 2. The topological polar surface area (TPSA) is 48.5 Å². The van der Waals surface area contributed by atoms with Gasteiger partial charge in [-0.1, -0.05) is 30.3 Å². The van der Waals surface area contributed by atoms with Crippen molar-refractivity contribution in [1.82, 2.24) is 9.88 Å². The first kappa shape index (κ1) is 26.0. The van der Waals surface area contributed by atoms with Gasteiger partial charge >= 0.3 is 6.18 Å². The van der Waals surface area contributed by atoms with Crippen molar-refractivity contribution in [3.05, 3.63) is 88.4 Å². The Morgan fingerprint density at radius 3 is 2.53 bits per heavy atom. The largest absolute Gasteiger partial charge is 0.416 e. The third-order valence-electron chi connectivity index (χ3n) is 7.54. The quantitative estimate of drug-likeness (QED) is 0.401. The van der Waals surface area contributed by atoms with E-state index < -0.39 is 17.6 Å². The third-order valence-corrected chi connectivity index (χ3v) is 7.54. The van der Waals surface area contributed by atoms with Gasteiger partial charge in [0.2, 0.25) is 0 Å². The van der Waals surface area contributed by atoms with Gasteiger partial charge in [-0.15, -0.1) is 0 Å². The molecule has 1 aromatic heterocycles. The summed E-state index contributed by atoms with van der Waals surface area (Å²) < 4.78 is 55.1. The molecule has 1 saturated heterocycles. The van der Waals surface area contributed by atoms with E-state index in [1.807, 2.05) is 23.1 Å². The van der Waals surface area contributed by atoms with Crippen LogP contribution in [0.5, 0.6) is 0 Å². The Kier molecular flexibility index (Phi) is 7.27. The molecule has 0 radical (unpaired) electrons. The predicted octanol–water partition coefficient (Wildman–Crippen LogP) is 6.39. The maximum Gasteiger partial charge on any atom is 0.416 e. The van der Waals surface area contributed by atoms with Crippen LogP contribution in [0.25, 0.3) is 0 Å². The van der Waals surface area contributed by atoms with Gasteiger partial charge in [0.25, 0.3) is 5.91 Å². The van der Waals surface area contributed by atoms with Crippen LogP contribution < -0.4 is 10.2 Å². The van der Waals surface area contributed by atoms with Crippen LogP contribution in [0.3, 0.4) is 0 Å². The number of nitrogens with zero attached hydrogens (tertiary/aromatic N) is 3. The van der Waals surface area contributed by atoms with Gasteiger partial charge in [-0.05, 0) is 67.0 Å². The number of piperidine rings is 1. The molecule has 2 aliphatic heterocycles. The average Bonchev–Trinajstić information content (AvgIpc) is 3.11. The van der Waals surface area contributed by atoms with Gasteiger partial charge in [-0.3, -0.25) is 4.79 Å². The van der Waals surface area contributed by atoms with Crippen LogP contribution in [0.1, 0.15) is 57.8 Å². The van der Waals surface area contributed by atoms with Gasteiger partial charge in [0.05, 0.1) is 16.8 Å². The molecule has 38 heavy (non-hydrogen) atoms. The van der Waals surface area contributed by atoms with Crippen LogP contribution in [0.15, 0.2) is 54.7 Å². The minimum Gasteiger partial charge on any atom is -0.368 e. The van der Waals surface area contributed by atoms with Crippen molar-refractivity contribution in [2.24, 2.45) is 0 Å². The van der Waals surface area contributed by atoms with Crippen LogP contribution in [-0.2, 0) is 12.7 Å². The average molecular weight is 527 g/mol. The zero-order valence-corrected chi connectivity index (χ0v) is 21.2. The molecule has 0 spiro atoms. The van der Waals surface area contributed by atoms with Crippen molar-refractivity contribution in [3.8, 4) is 0 Å². The lowest BCUT2D eigenvalue weighted by atomic mass is 9.89. The first-order chi connectivity index (χ1) is 18.2. The molecule has 2 aliphatic rings. The van der Waals surface area contributed by atoms with E-state index in [0.29, 0.717) is 61.1 Å². The molecule has 200 valence electrons. The van der Waals surface area contributed by atoms with Crippen LogP contribution >= 0.6 is 0 Å². The van der Waals surface area contributed by atoms with Crippen molar-refractivity contribution in [1.29, 1.82) is 0 Å². The van der Waals surface area contributed by atoms with Crippen LogP contribution in [0, 0.1) is 12.7 Å². The Labute approximate surface area is 219 Å². The summed E-state index contributed by atoms with van der Waals surface area (Å²) in [5.74, 6) is 0.0682. The normalized spacial score (nSPS) is 16.6. The summed E-state index contributed by atoms with van der Waals surface area (Å²) in [5.41, 5.74) is 1.95. The SMILES string of the molecule is Cc1c(C(=O)N2CCC(c3ccccc3)CC2)cnc2c1N(Cc1cc(F)ccc1C(F)(F)F)CCCN2. The highest BCUT2D eigenvalue weighted by Crippen LogP contribution is 2.38. The van der Waals surface area contributed by atoms with Crippen molar-refractivity contribution in [2.45, 2.75) is 44.8 Å². The van der Waals surface area contributed by atoms with E-state index in [1.54, 1.807) is 18.0 Å². The Morgan fingerprint density at radius 2 is 1.82 bits per heavy atom. The second-order valence-electron chi connectivity index (χ2n) is 9.97. The molecule has 5 nitrogen and oxygen atoms in total. The van der Waals surface area contributed by atoms with E-state index in [-0.39, 0.29) is 18.0 Å². The summed E-state index contributed by atoms with van der Waals surface area (Å²) in [6.45, 7) is 3.93. The fourth-order valence-corrected chi connectivity index (χ4v) is 5.56. The number of aromatic nitrogens is 1. The molecule has 0 unspecified atom stereocenters. The second-order valence-corrected chi connectivity index (χ2v) is 9.97. The number of benzene rings is 2. The molecule has 3 aromatic rings. The molecule has 3 heterocycles. The highest BCUT2D eigenvalue weighted by Gasteiger charge is 2.35. The van der Waals surface area contributed by atoms with E-state index in [0.717, 1.165) is 31.0 Å². The molecule has 1 amide bonds. The summed E-state index contributed by atoms with van der Waals surface area (Å²) >= 11 is 0. The Morgan fingerprint density at radius 1 is 1.08 bits per heavy atom. The lowest BCUT2D eigenvalue weighted by Crippen LogP contribution is -2.38. The Hall–Kier alpha value is -3.62. The standard InChI is InChI=1S/C29H30F4N4O/c1-19-24(28(38)36-14-10-21(11-15-36)20-6-3-2-4-7-20)17-35-27-26(19)37(13-5-12-34-27)18-22-16-23(30)8-9-25(22)29(31,32)33/h2-4,6-9,16-17,21H,5,10-15,18H2,1H3,(H,34,35). The van der Waals surface area contributed by atoms with Crippen LogP contribution in [-0.4, -0.2) is 42.0 Å². The smallest absolute Gasteiger partial charge is 0.368 e. The number of carbonyl (C=O) groups is 1. The minimum atomic E-state index is -4.60. The zero-order valence-electron chi connectivity index (χ0n) is 21.2.